The van der Waals surface area contributed by atoms with Crippen molar-refractivity contribution in [3.8, 4) is 0 Å². The van der Waals surface area contributed by atoms with Crippen molar-refractivity contribution in [3.05, 3.63) is 52.0 Å². The summed E-state index contributed by atoms with van der Waals surface area (Å²) in [6, 6.07) is 8.28. The van der Waals surface area contributed by atoms with Crippen LogP contribution in [0.5, 0.6) is 0 Å². The molecule has 0 unspecified atom stereocenters. The maximum absolute atomic E-state index is 12.4. The lowest BCUT2D eigenvalue weighted by atomic mass is 9.91. The lowest BCUT2D eigenvalue weighted by molar-refractivity contribution is -0.132. The molecule has 4 heteroatoms. The number of rotatable bonds is 4. The molecule has 1 aliphatic rings. The number of thiophene rings is 1. The van der Waals surface area contributed by atoms with Gasteiger partial charge in [-0.15, -0.1) is 11.3 Å². The first kappa shape index (κ1) is 15.2. The molecule has 0 aliphatic carbocycles. The number of aryl methyl sites for hydroxylation is 1. The van der Waals surface area contributed by atoms with Crippen LogP contribution in [-0.2, 0) is 17.6 Å². The van der Waals surface area contributed by atoms with E-state index in [-0.39, 0.29) is 5.91 Å². The fourth-order valence-corrected chi connectivity index (χ4v) is 3.78. The second-order valence-corrected chi connectivity index (χ2v) is 7.15. The molecule has 22 heavy (non-hydrogen) atoms. The molecule has 0 aromatic carbocycles. The molecule has 1 atom stereocenters. The lowest BCUT2D eigenvalue weighted by Gasteiger charge is -2.33. The Kier molecular flexibility index (Phi) is 4.88. The number of carbonyl (C=O) groups excluding carboxylic acids is 1. The largest absolute Gasteiger partial charge is 0.342 e. The monoisotopic (exact) mass is 314 g/mol. The highest BCUT2D eigenvalue weighted by Gasteiger charge is 2.24. The van der Waals surface area contributed by atoms with Gasteiger partial charge in [-0.25, -0.2) is 0 Å². The summed E-state index contributed by atoms with van der Waals surface area (Å²) in [7, 11) is 0. The molecular formula is C18H22N2OS. The predicted molar refractivity (Wildman–Crippen MR) is 90.0 cm³/mol. The summed E-state index contributed by atoms with van der Waals surface area (Å²) in [5, 5.41) is 2.03. The van der Waals surface area contributed by atoms with Crippen LogP contribution in [0.1, 0.15) is 29.0 Å². The minimum atomic E-state index is 0.272. The van der Waals surface area contributed by atoms with Gasteiger partial charge in [0, 0.05) is 29.9 Å². The van der Waals surface area contributed by atoms with Crippen molar-refractivity contribution >= 4 is 17.2 Å². The highest BCUT2D eigenvalue weighted by molar-refractivity contribution is 7.10. The molecule has 1 amide bonds. The summed E-state index contributed by atoms with van der Waals surface area (Å²) in [4.78, 5) is 20.0. The van der Waals surface area contributed by atoms with E-state index < -0.39 is 0 Å². The fourth-order valence-electron chi connectivity index (χ4n) is 3.08. The predicted octanol–water partition coefficient (Wildman–Crippen LogP) is 3.48. The third-order valence-electron chi connectivity index (χ3n) is 4.27. The molecule has 3 nitrogen and oxygen atoms in total. The van der Waals surface area contributed by atoms with E-state index in [0.29, 0.717) is 12.3 Å². The zero-order valence-corrected chi connectivity index (χ0v) is 13.8. The van der Waals surface area contributed by atoms with Crippen LogP contribution < -0.4 is 0 Å². The summed E-state index contributed by atoms with van der Waals surface area (Å²) in [6.07, 6.45) is 5.87. The maximum Gasteiger partial charge on any atom is 0.227 e. The lowest BCUT2D eigenvalue weighted by Crippen LogP contribution is -2.41. The van der Waals surface area contributed by atoms with Crippen molar-refractivity contribution in [2.24, 2.45) is 5.92 Å². The van der Waals surface area contributed by atoms with Gasteiger partial charge < -0.3 is 4.90 Å². The third kappa shape index (κ3) is 3.95. The van der Waals surface area contributed by atoms with Gasteiger partial charge in [0.25, 0.3) is 0 Å². The van der Waals surface area contributed by atoms with Gasteiger partial charge in [-0.05, 0) is 55.2 Å². The Morgan fingerprint density at radius 2 is 2.32 bits per heavy atom. The first-order chi connectivity index (χ1) is 10.7. The number of carbonyl (C=O) groups is 1. The van der Waals surface area contributed by atoms with Gasteiger partial charge in [-0.3, -0.25) is 9.78 Å². The van der Waals surface area contributed by atoms with Crippen LogP contribution in [0.3, 0.4) is 0 Å². The quantitative estimate of drug-likeness (QED) is 0.865. The Bertz CT molecular complexity index is 607. The van der Waals surface area contributed by atoms with Gasteiger partial charge in [-0.1, -0.05) is 12.1 Å². The molecule has 1 saturated heterocycles. The molecule has 1 fully saturated rings. The van der Waals surface area contributed by atoms with Crippen LogP contribution >= 0.6 is 11.3 Å². The SMILES string of the molecule is Cc1ccc(C[C@@H]2CCCN(C(=O)Cc3cccs3)C2)cn1. The highest BCUT2D eigenvalue weighted by Crippen LogP contribution is 2.22. The second kappa shape index (κ2) is 7.05. The van der Waals surface area contributed by atoms with Crippen molar-refractivity contribution in [3.63, 3.8) is 0 Å². The molecule has 0 spiro atoms. The minimum Gasteiger partial charge on any atom is -0.342 e. The third-order valence-corrected chi connectivity index (χ3v) is 5.15. The Balaban J connectivity index is 1.56. The van der Waals surface area contributed by atoms with E-state index in [9.17, 15) is 4.79 Å². The molecule has 0 N–H and O–H groups in total. The summed E-state index contributed by atoms with van der Waals surface area (Å²) >= 11 is 1.66. The van der Waals surface area contributed by atoms with Crippen LogP contribution in [0.2, 0.25) is 0 Å². The standard InChI is InChI=1S/C18H22N2OS/c1-14-6-7-15(12-19-14)10-16-4-2-8-20(13-16)18(21)11-17-5-3-9-22-17/h3,5-7,9,12,16H,2,4,8,10-11,13H2,1H3/t16-/m0/s1. The molecule has 3 heterocycles. The van der Waals surface area contributed by atoms with Gasteiger partial charge in [0.1, 0.15) is 0 Å². The Morgan fingerprint density at radius 3 is 3.05 bits per heavy atom. The van der Waals surface area contributed by atoms with Crippen molar-refractivity contribution in [1.82, 2.24) is 9.88 Å². The van der Waals surface area contributed by atoms with Crippen molar-refractivity contribution in [1.29, 1.82) is 0 Å². The zero-order valence-electron chi connectivity index (χ0n) is 13.0. The van der Waals surface area contributed by atoms with Gasteiger partial charge in [0.15, 0.2) is 0 Å². The number of aromatic nitrogens is 1. The highest BCUT2D eigenvalue weighted by atomic mass is 32.1. The Morgan fingerprint density at radius 1 is 1.41 bits per heavy atom. The van der Waals surface area contributed by atoms with Gasteiger partial charge in [0.05, 0.1) is 6.42 Å². The number of likely N-dealkylation sites (tertiary alicyclic amines) is 1. The van der Waals surface area contributed by atoms with Crippen molar-refractivity contribution < 1.29 is 4.79 Å². The Labute approximate surface area is 136 Å². The zero-order chi connectivity index (χ0) is 15.4. The van der Waals surface area contributed by atoms with Gasteiger partial charge in [0.2, 0.25) is 5.91 Å². The molecular weight excluding hydrogens is 292 g/mol. The first-order valence-corrected chi connectivity index (χ1v) is 8.80. The number of amides is 1. The number of piperidine rings is 1. The molecule has 0 saturated carbocycles. The van der Waals surface area contributed by atoms with Crippen LogP contribution in [0.25, 0.3) is 0 Å². The summed E-state index contributed by atoms with van der Waals surface area (Å²) in [5.74, 6) is 0.833. The van der Waals surface area contributed by atoms with Crippen LogP contribution in [0.4, 0.5) is 0 Å². The second-order valence-electron chi connectivity index (χ2n) is 6.12. The van der Waals surface area contributed by atoms with Gasteiger partial charge >= 0.3 is 0 Å². The Hall–Kier alpha value is -1.68. The molecule has 2 aromatic rings. The average Bonchev–Trinajstić information content (AvgIpc) is 3.03. The van der Waals surface area contributed by atoms with Crippen LogP contribution in [-0.4, -0.2) is 28.9 Å². The normalized spacial score (nSPS) is 18.4. The van der Waals surface area contributed by atoms with E-state index in [4.69, 9.17) is 0 Å². The van der Waals surface area contributed by atoms with E-state index >= 15 is 0 Å². The molecule has 0 bridgehead atoms. The first-order valence-electron chi connectivity index (χ1n) is 7.92. The van der Waals surface area contributed by atoms with Crippen molar-refractivity contribution in [2.75, 3.05) is 13.1 Å². The summed E-state index contributed by atoms with van der Waals surface area (Å²) < 4.78 is 0. The van der Waals surface area contributed by atoms with E-state index in [2.05, 4.69) is 22.0 Å². The van der Waals surface area contributed by atoms with Crippen LogP contribution in [0.15, 0.2) is 35.8 Å². The molecule has 116 valence electrons. The number of pyridine rings is 1. The van der Waals surface area contributed by atoms with Crippen LogP contribution in [0, 0.1) is 12.8 Å². The van der Waals surface area contributed by atoms with E-state index in [1.807, 2.05) is 30.6 Å². The molecule has 3 rings (SSSR count). The van der Waals surface area contributed by atoms with Gasteiger partial charge in [-0.2, -0.15) is 0 Å². The fraction of sp³-hybridized carbons (Fsp3) is 0.444. The van der Waals surface area contributed by atoms with E-state index in [1.54, 1.807) is 11.3 Å². The number of hydrogen-bond donors (Lipinski definition) is 0. The van der Waals surface area contributed by atoms with E-state index in [1.165, 1.54) is 12.0 Å². The molecule has 0 radical (unpaired) electrons. The smallest absolute Gasteiger partial charge is 0.227 e. The molecule has 1 aliphatic heterocycles. The van der Waals surface area contributed by atoms with E-state index in [0.717, 1.165) is 36.5 Å². The number of hydrogen-bond acceptors (Lipinski definition) is 3. The average molecular weight is 314 g/mol. The number of nitrogens with zero attached hydrogens (tertiary/aromatic N) is 2. The topological polar surface area (TPSA) is 33.2 Å². The minimum absolute atomic E-state index is 0.272. The summed E-state index contributed by atoms with van der Waals surface area (Å²) in [5.41, 5.74) is 2.34. The maximum atomic E-state index is 12.4. The molecule has 2 aromatic heterocycles. The van der Waals surface area contributed by atoms with Crippen molar-refractivity contribution in [2.45, 2.75) is 32.6 Å². The summed E-state index contributed by atoms with van der Waals surface area (Å²) in [6.45, 7) is 3.81.